The average Bonchev–Trinajstić information content (AvgIpc) is 1.59. The van der Waals surface area contributed by atoms with Crippen LogP contribution in [0.15, 0.2) is 334 Å². The number of aromatic hydroxyl groups is 5. The van der Waals surface area contributed by atoms with E-state index in [1.807, 2.05) is 246 Å². The number of aromatic nitrogens is 9. The summed E-state index contributed by atoms with van der Waals surface area (Å²) in [5.74, 6) is 4.12. The van der Waals surface area contributed by atoms with Crippen LogP contribution in [0.5, 0.6) is 40.2 Å². The molecule has 13 aliphatic heterocycles. The molecule has 0 fully saturated rings. The van der Waals surface area contributed by atoms with Gasteiger partial charge in [0.25, 0.3) is 0 Å². The minimum absolute atomic E-state index is 0. The van der Waals surface area contributed by atoms with Crippen molar-refractivity contribution in [3.8, 4) is 125 Å². The van der Waals surface area contributed by atoms with Crippen LogP contribution >= 0.6 is 0 Å². The Morgan fingerprint density at radius 2 is 0.701 bits per heavy atom. The number of aryl methyl sites for hydroxylation is 8. The number of ether oxygens (including phenoxy) is 1. The minimum atomic E-state index is -0.474. The SMILES string of the molecule is CC1(C)c2cccc(n2)-c2[c-]cc(cc2)CCCCCc2ccc(c(O)c2)-c2cccc1n2.CC1(C)c2cccc(n2)-c2ccc(cc2O)CCCCCc2ccc(c(O)c2)-c2cccc1n2.Oc1c2cccc1-c1[c-]cc(cc1)CCCc1ccnc(n1)-n1c3[c-]c(ccc3c3ccccc31)O2.Oc1cc2ccc1-c1cccc(n1)N(c1ccccc1)c1cccc(n1)-c1[c-]cc(cc1)CCCCC2.[Pt+2].[Pt].[Pt].[Pt]. The first-order valence-electron chi connectivity index (χ1n) is 48.7. The normalized spacial score (nSPS) is 13.8. The number of rotatable bonds is 1. The predicted molar refractivity (Wildman–Crippen MR) is 558 cm³/mol. The topological polar surface area (TPSA) is 222 Å². The first-order chi connectivity index (χ1) is 68.4. The molecular formula is C124H108N10O6Pt4-2. The number of hydrogen-bond acceptors (Lipinski definition) is 15. The number of hydrogen-bond donors (Lipinski definition) is 5. The Balaban J connectivity index is 0.000000137. The molecule has 0 saturated heterocycles. The molecule has 21 heterocycles. The summed E-state index contributed by atoms with van der Waals surface area (Å²) in [5, 5.41) is 56.4. The number of benzene rings is 11. The molecule has 11 aromatic carbocycles. The summed E-state index contributed by atoms with van der Waals surface area (Å²) < 4.78 is 8.21. The third-order valence-corrected chi connectivity index (χ3v) is 27.2. The maximum Gasteiger partial charge on any atom is 2.00 e. The second-order valence-corrected chi connectivity index (χ2v) is 37.6. The van der Waals surface area contributed by atoms with Crippen LogP contribution in [0, 0.1) is 24.3 Å². The molecule has 0 radical (unpaired) electrons. The van der Waals surface area contributed by atoms with E-state index in [4.69, 9.17) is 39.6 Å². The van der Waals surface area contributed by atoms with Crippen LogP contribution in [-0.4, -0.2) is 70.0 Å². The van der Waals surface area contributed by atoms with Crippen LogP contribution in [-0.2, 0) is 146 Å². The van der Waals surface area contributed by atoms with E-state index in [0.29, 0.717) is 28.8 Å². The summed E-state index contributed by atoms with van der Waals surface area (Å²) in [7, 11) is 0. The summed E-state index contributed by atoms with van der Waals surface area (Å²) in [5.41, 5.74) is 26.1. The zero-order valence-corrected chi connectivity index (χ0v) is 89.5. The third kappa shape index (κ3) is 23.5. The second kappa shape index (κ2) is 46.9. The molecule has 32 rings (SSSR count). The van der Waals surface area contributed by atoms with E-state index in [9.17, 15) is 25.5 Å². The molecule has 144 heavy (non-hydrogen) atoms. The summed E-state index contributed by atoms with van der Waals surface area (Å²) in [4.78, 5) is 41.5. The van der Waals surface area contributed by atoms with Crippen LogP contribution in [0.4, 0.5) is 17.3 Å². The Morgan fingerprint density at radius 1 is 0.312 bits per heavy atom. The van der Waals surface area contributed by atoms with E-state index in [1.165, 1.54) is 22.3 Å². The van der Waals surface area contributed by atoms with E-state index in [-0.39, 0.29) is 107 Å². The fourth-order valence-electron chi connectivity index (χ4n) is 19.2. The number of fused-ring (bicyclic) bond motifs is 8. The molecule has 20 heteroatoms. The molecule has 32 bridgehead atoms. The van der Waals surface area contributed by atoms with Crippen LogP contribution < -0.4 is 9.64 Å². The zero-order valence-electron chi connectivity index (χ0n) is 80.4. The molecule has 16 nitrogen and oxygen atoms in total. The number of nitrogens with zero attached hydrogens (tertiary/aromatic N) is 10. The van der Waals surface area contributed by atoms with Gasteiger partial charge in [-0.25, -0.2) is 15.0 Å². The molecular weight excluding hydrogens is 2510 g/mol. The fraction of sp³-hybridized carbons (Fsp3) is 0.194. The molecule has 8 aromatic heterocycles. The predicted octanol–water partition coefficient (Wildman–Crippen LogP) is 28.6. The van der Waals surface area contributed by atoms with Crippen LogP contribution in [0.3, 0.4) is 0 Å². The number of phenolic OH excluding ortho intramolecular Hbond substituents is 5. The molecule has 0 amide bonds. The molecule has 0 spiro atoms. The Labute approximate surface area is 899 Å². The van der Waals surface area contributed by atoms with Crippen molar-refractivity contribution in [1.29, 1.82) is 0 Å². The maximum atomic E-state index is 11.1. The average molecular weight is 2610 g/mol. The van der Waals surface area contributed by atoms with Gasteiger partial charge in [0.05, 0.1) is 39.9 Å². The van der Waals surface area contributed by atoms with Gasteiger partial charge in [-0.3, -0.25) is 24.8 Å². The third-order valence-electron chi connectivity index (χ3n) is 27.2. The van der Waals surface area contributed by atoms with E-state index in [0.717, 1.165) is 273 Å². The largest absolute Gasteiger partial charge is 2.00 e. The maximum absolute atomic E-state index is 11.1. The van der Waals surface area contributed by atoms with Crippen molar-refractivity contribution in [3.05, 3.63) is 425 Å². The van der Waals surface area contributed by atoms with E-state index < -0.39 is 10.8 Å². The van der Waals surface area contributed by atoms with Crippen LogP contribution in [0.25, 0.3) is 106 Å². The molecule has 0 aliphatic carbocycles. The van der Waals surface area contributed by atoms with Gasteiger partial charge in [0, 0.05) is 131 Å². The number of anilines is 3. The molecule has 13 aliphatic rings. The summed E-state index contributed by atoms with van der Waals surface area (Å²) >= 11 is 0. The van der Waals surface area contributed by atoms with Crippen molar-refractivity contribution in [2.45, 2.75) is 154 Å². The van der Waals surface area contributed by atoms with Gasteiger partial charge in [-0.1, -0.05) is 190 Å². The van der Waals surface area contributed by atoms with Gasteiger partial charge in [-0.2, -0.15) is 6.07 Å². The number of pyridine rings is 6. The minimum Gasteiger partial charge on any atom is -0.513 e. The molecule has 732 valence electrons. The summed E-state index contributed by atoms with van der Waals surface area (Å²) in [6.07, 6.45) is 20.4. The summed E-state index contributed by atoms with van der Waals surface area (Å²) in [6.45, 7) is 8.49. The molecule has 19 aromatic rings. The standard InChI is InChI=1S/C33H28N3O.C31H21N3O2.C30H30N2O2.C30H29N2O.4Pt/c37-31-23-25-10-4-1-3-9-24-17-20-26(21-18-24)29-13-7-15-32(34-29)36(27-11-5-2-6-12-27)33-16-8-14-30(35-33)28(31)22-19-25;35-30-24-8-4-10-29(30)36-23-15-16-26-25-7-1-2-9-27(25)34(28(26)19-23)31-32-18-17-22(33-31)6-3-5-20-11-13-21(24)14-12-20;1-30(2)28-12-6-10-24(31-28)22-16-14-20(18-26(22)33)8-4-3-5-9-21-15-17-23(27(34)19-21)25-11-7-13-29(30)32-25;1-30(2)28-12-6-10-25(31-28)23-17-14-21(15-18-23)8-4-3-5-9-22-16-19-24(27(33)20-22)26-11-7-13-29(30)32-26;;;;/h2,5-8,11-20,22-23,37H,1,3-4,9-10H2;1-2,4,7-13,15-18,35H,3,5-6H2;6-7,10-19,33-34H,3-5,8-9H2,1-2H3;6-7,10-17,19-20,33H,3-5,8-9H2,1-2H3;;;;/q-1;-2;;-1;;;;+2. The van der Waals surface area contributed by atoms with Gasteiger partial charge in [-0.05, 0) is 264 Å². The number of para-hydroxylation sites is 3. The Kier molecular flexibility index (Phi) is 33.7. The smallest absolute Gasteiger partial charge is 0.513 e. The van der Waals surface area contributed by atoms with Crippen molar-refractivity contribution >= 4 is 39.1 Å². The summed E-state index contributed by atoms with van der Waals surface area (Å²) in [6, 6.07) is 122. The van der Waals surface area contributed by atoms with E-state index >= 15 is 0 Å². The fourth-order valence-corrected chi connectivity index (χ4v) is 19.2. The van der Waals surface area contributed by atoms with E-state index in [1.54, 1.807) is 6.07 Å². The van der Waals surface area contributed by atoms with Crippen molar-refractivity contribution in [1.82, 2.24) is 44.4 Å². The van der Waals surface area contributed by atoms with Crippen molar-refractivity contribution in [2.75, 3.05) is 4.90 Å². The Bertz CT molecular complexity index is 7610. The quantitative estimate of drug-likeness (QED) is 0.0965. The van der Waals surface area contributed by atoms with Crippen molar-refractivity contribution in [3.63, 3.8) is 0 Å². The van der Waals surface area contributed by atoms with Crippen molar-refractivity contribution in [2.24, 2.45) is 0 Å². The van der Waals surface area contributed by atoms with Gasteiger partial charge in [0.2, 0.25) is 5.95 Å². The molecule has 0 atom stereocenters. The zero-order chi connectivity index (χ0) is 95.6. The van der Waals surface area contributed by atoms with Gasteiger partial charge in [-0.15, -0.1) is 124 Å². The van der Waals surface area contributed by atoms with Crippen molar-refractivity contribution < 1.29 is 115 Å². The van der Waals surface area contributed by atoms with Gasteiger partial charge < -0.3 is 39.8 Å². The Morgan fingerprint density at radius 3 is 1.16 bits per heavy atom. The first-order valence-corrected chi connectivity index (χ1v) is 48.7. The van der Waals surface area contributed by atoms with Gasteiger partial charge in [0.1, 0.15) is 40.4 Å². The van der Waals surface area contributed by atoms with E-state index in [2.05, 4.69) is 148 Å². The molecule has 0 unspecified atom stereocenters. The number of phenols is 5. The first kappa shape index (κ1) is 103. The monoisotopic (exact) mass is 2610 g/mol. The van der Waals surface area contributed by atoms with Crippen LogP contribution in [0.1, 0.15) is 159 Å². The molecule has 0 saturated carbocycles. The second-order valence-electron chi connectivity index (χ2n) is 37.6. The van der Waals surface area contributed by atoms with Gasteiger partial charge in [0.15, 0.2) is 5.75 Å². The Hall–Kier alpha value is -13.4. The van der Waals surface area contributed by atoms with Gasteiger partial charge >= 0.3 is 21.1 Å². The van der Waals surface area contributed by atoms with Crippen LogP contribution in [0.2, 0.25) is 0 Å². The molecule has 5 N–H and O–H groups in total.